The molecule has 0 heterocycles. The van der Waals surface area contributed by atoms with Gasteiger partial charge < -0.3 is 4.90 Å². The fourth-order valence-electron chi connectivity index (χ4n) is 2.35. The van der Waals surface area contributed by atoms with Gasteiger partial charge in [-0.3, -0.25) is 0 Å². The molecule has 0 saturated heterocycles. The second-order valence-corrected chi connectivity index (χ2v) is 10.2. The van der Waals surface area contributed by atoms with Crippen LogP contribution in [0.4, 0.5) is 0 Å². The number of rotatable bonds is 4. The third-order valence-electron chi connectivity index (χ3n) is 2.99. The van der Waals surface area contributed by atoms with Crippen molar-refractivity contribution in [3.05, 3.63) is 12.2 Å². The molecule has 0 radical (unpaired) electrons. The van der Waals surface area contributed by atoms with Gasteiger partial charge in [0, 0.05) is 11.7 Å². The summed E-state index contributed by atoms with van der Waals surface area (Å²) in [6, 6.07) is 0.700. The molecule has 0 spiro atoms. The number of nitrogens with zero attached hydrogens (tertiary/aromatic N) is 1. The molecule has 2 unspecified atom stereocenters. The Labute approximate surface area is 122 Å². The van der Waals surface area contributed by atoms with E-state index >= 15 is 0 Å². The molecule has 0 N–H and O–H groups in total. The average molecular weight is 343 g/mol. The fourth-order valence-corrected chi connectivity index (χ4v) is 5.93. The van der Waals surface area contributed by atoms with Crippen LogP contribution < -0.4 is 0 Å². The van der Waals surface area contributed by atoms with Crippen molar-refractivity contribution in [1.29, 1.82) is 0 Å². The molecule has 0 aromatic heterocycles. The number of likely N-dealkylation sites (N-methyl/N-ethyl adjacent to an activating group) is 1. The van der Waals surface area contributed by atoms with Crippen LogP contribution in [0.5, 0.6) is 0 Å². The summed E-state index contributed by atoms with van der Waals surface area (Å²) in [5.41, 5.74) is 2.53. The van der Waals surface area contributed by atoms with E-state index in [2.05, 4.69) is 58.8 Å². The second kappa shape index (κ2) is 9.16. The predicted octanol–water partition coefficient (Wildman–Crippen LogP) is 4.53. The fraction of sp³-hybridized carbons (Fsp3) is 0.833. The quantitative estimate of drug-likeness (QED) is 0.412. The monoisotopic (exact) mass is 341 g/mol. The molecular weight excluding hydrogens is 319 g/mol. The summed E-state index contributed by atoms with van der Waals surface area (Å²) in [6.07, 6.45) is 4.78. The third kappa shape index (κ3) is 5.79. The van der Waals surface area contributed by atoms with Crippen molar-refractivity contribution in [2.24, 2.45) is 0 Å². The van der Waals surface area contributed by atoms with Gasteiger partial charge in [-0.25, -0.2) is 0 Å². The van der Waals surface area contributed by atoms with Crippen LogP contribution in [0.2, 0.25) is 0 Å². The van der Waals surface area contributed by atoms with Crippen molar-refractivity contribution < 1.29 is 12.7 Å². The van der Waals surface area contributed by atoms with Gasteiger partial charge in [0.1, 0.15) is 0 Å². The van der Waals surface area contributed by atoms with Crippen LogP contribution in [0.1, 0.15) is 27.7 Å². The predicted molar refractivity (Wildman–Crippen MR) is 79.3 cm³/mol. The molecule has 0 aliphatic heterocycles. The summed E-state index contributed by atoms with van der Waals surface area (Å²) in [5, 5.41) is 0. The first-order chi connectivity index (χ1) is 7.86. The molecule has 1 rings (SSSR count). The Kier molecular flexibility index (Phi) is 9.81. The van der Waals surface area contributed by atoms with Crippen molar-refractivity contribution in [3.63, 3.8) is 0 Å². The zero-order valence-corrected chi connectivity index (χ0v) is 14.8. The Morgan fingerprint density at radius 1 is 1.06 bits per heavy atom. The van der Waals surface area contributed by atoms with Crippen molar-refractivity contribution in [2.45, 2.75) is 50.7 Å². The standard InChI is InChI=1S/C12H24NP.2ClH.Ni/c1-9(2)14(10(3)4)12-8-7-11(12)13(5)6;;;/h7-12H,1-6H3;2*1H;/q;;;+2/p-2. The van der Waals surface area contributed by atoms with E-state index < -0.39 is 0 Å². The normalized spacial score (nSPS) is 23.3. The zero-order chi connectivity index (χ0) is 13.6. The third-order valence-corrected chi connectivity index (χ3v) is 6.54. The first kappa shape index (κ1) is 18.2. The van der Waals surface area contributed by atoms with Gasteiger partial charge in [-0.05, 0) is 25.4 Å². The van der Waals surface area contributed by atoms with E-state index in [1.165, 1.54) is 0 Å². The Morgan fingerprint density at radius 3 is 1.65 bits per heavy atom. The van der Waals surface area contributed by atoms with E-state index in [0.717, 1.165) is 17.0 Å². The van der Waals surface area contributed by atoms with E-state index in [-0.39, 0.29) is 7.92 Å². The Balaban J connectivity index is 0.000000770. The molecule has 17 heavy (non-hydrogen) atoms. The van der Waals surface area contributed by atoms with Crippen LogP contribution in [-0.2, 0) is 12.7 Å². The van der Waals surface area contributed by atoms with Crippen LogP contribution in [0.25, 0.3) is 0 Å². The van der Waals surface area contributed by atoms with Gasteiger partial charge in [-0.1, -0.05) is 47.8 Å². The molecule has 1 aliphatic carbocycles. The summed E-state index contributed by atoms with van der Waals surface area (Å²) in [6.45, 7) is 9.52. The first-order valence-electron chi connectivity index (χ1n) is 5.81. The average Bonchev–Trinajstić information content (AvgIpc) is 2.10. The zero-order valence-electron chi connectivity index (χ0n) is 11.4. The van der Waals surface area contributed by atoms with Crippen molar-refractivity contribution in [2.75, 3.05) is 14.1 Å². The van der Waals surface area contributed by atoms with Crippen LogP contribution in [0.15, 0.2) is 12.2 Å². The van der Waals surface area contributed by atoms with E-state index in [0.29, 0.717) is 18.7 Å². The topological polar surface area (TPSA) is 3.24 Å². The summed E-state index contributed by atoms with van der Waals surface area (Å²) in [4.78, 5) is 2.35. The minimum absolute atomic E-state index is 0.147. The van der Waals surface area contributed by atoms with E-state index in [9.17, 15) is 0 Å². The van der Waals surface area contributed by atoms with Gasteiger partial charge in [0.2, 0.25) is 0 Å². The molecule has 0 amide bonds. The molecule has 0 fully saturated rings. The number of halogens is 2. The summed E-state index contributed by atoms with van der Waals surface area (Å²) >= 11 is 0.569. The van der Waals surface area contributed by atoms with Crippen LogP contribution in [-0.4, -0.2) is 42.0 Å². The molecule has 1 nitrogen and oxygen atoms in total. The Bertz CT molecular complexity index is 227. The molecule has 0 aromatic carbocycles. The molecule has 0 bridgehead atoms. The summed E-state index contributed by atoms with van der Waals surface area (Å²) in [7, 11) is 13.9. The SMILES string of the molecule is CC(C)P(C(C)C)C1C=CC1N(C)C.[Cl][Ni][Cl]. The van der Waals surface area contributed by atoms with Gasteiger partial charge in [0.15, 0.2) is 0 Å². The van der Waals surface area contributed by atoms with Gasteiger partial charge in [-0.2, -0.15) is 0 Å². The molecule has 106 valence electrons. The van der Waals surface area contributed by atoms with Crippen molar-refractivity contribution in [3.8, 4) is 0 Å². The van der Waals surface area contributed by atoms with Crippen molar-refractivity contribution >= 4 is 28.3 Å². The van der Waals surface area contributed by atoms with Gasteiger partial charge in [0.05, 0.1) is 0 Å². The minimum atomic E-state index is 0.147. The van der Waals surface area contributed by atoms with E-state index in [1.54, 1.807) is 0 Å². The molecule has 1 aliphatic rings. The van der Waals surface area contributed by atoms with E-state index in [1.807, 2.05) is 0 Å². The Hall–Kier alpha value is 1.20. The maximum atomic E-state index is 4.70. The van der Waals surface area contributed by atoms with Crippen molar-refractivity contribution in [1.82, 2.24) is 4.90 Å². The Morgan fingerprint density at radius 2 is 1.47 bits per heavy atom. The van der Waals surface area contributed by atoms with E-state index in [4.69, 9.17) is 20.4 Å². The molecule has 5 heteroatoms. The van der Waals surface area contributed by atoms with Crippen LogP contribution >= 0.6 is 28.3 Å². The number of hydrogen-bond acceptors (Lipinski definition) is 1. The van der Waals surface area contributed by atoms with Gasteiger partial charge in [0.25, 0.3) is 0 Å². The summed E-state index contributed by atoms with van der Waals surface area (Å²) < 4.78 is 0. The molecule has 0 saturated carbocycles. The molecule has 2 atom stereocenters. The second-order valence-electron chi connectivity index (χ2n) is 5.01. The molecular formula is C12H24Cl2NNiP. The molecule has 0 aromatic rings. The maximum absolute atomic E-state index is 4.70. The van der Waals surface area contributed by atoms with Gasteiger partial charge >= 0.3 is 33.0 Å². The number of hydrogen-bond donors (Lipinski definition) is 0. The first-order valence-corrected chi connectivity index (χ1v) is 10.1. The summed E-state index contributed by atoms with van der Waals surface area (Å²) in [5.74, 6) is 0. The van der Waals surface area contributed by atoms with Gasteiger partial charge in [-0.15, -0.1) is 0 Å². The van der Waals surface area contributed by atoms with Crippen LogP contribution in [0.3, 0.4) is 0 Å². The van der Waals surface area contributed by atoms with Crippen LogP contribution in [0, 0.1) is 0 Å².